The van der Waals surface area contributed by atoms with Crippen LogP contribution in [0.1, 0.15) is 30.0 Å². The van der Waals surface area contributed by atoms with Gasteiger partial charge in [-0.3, -0.25) is 9.48 Å². The quantitative estimate of drug-likeness (QED) is 0.918. The number of carboxylic acids is 1. The summed E-state index contributed by atoms with van der Waals surface area (Å²) >= 11 is 0. The Balaban J connectivity index is 2.47. The third-order valence-electron chi connectivity index (χ3n) is 3.66. The maximum absolute atomic E-state index is 10.9. The van der Waals surface area contributed by atoms with Crippen LogP contribution in [-0.4, -0.2) is 28.0 Å². The van der Waals surface area contributed by atoms with Crippen molar-refractivity contribution in [2.75, 3.05) is 7.11 Å². The fourth-order valence-electron chi connectivity index (χ4n) is 2.48. The fraction of sp³-hybridized carbons (Fsp3) is 0.375. The van der Waals surface area contributed by atoms with E-state index in [0.717, 1.165) is 28.1 Å². The molecule has 0 aliphatic rings. The smallest absolute Gasteiger partial charge is 0.325 e. The van der Waals surface area contributed by atoms with Crippen LogP contribution in [0.25, 0.3) is 11.1 Å². The van der Waals surface area contributed by atoms with Crippen LogP contribution in [-0.2, 0) is 16.1 Å². The van der Waals surface area contributed by atoms with Gasteiger partial charge in [0.25, 0.3) is 0 Å². The molecule has 0 spiro atoms. The van der Waals surface area contributed by atoms with Gasteiger partial charge in [0.1, 0.15) is 6.54 Å². The van der Waals surface area contributed by atoms with Crippen LogP contribution in [0.15, 0.2) is 24.3 Å². The number of aryl methyl sites for hydroxylation is 1. The van der Waals surface area contributed by atoms with Gasteiger partial charge in [-0.1, -0.05) is 18.2 Å². The van der Waals surface area contributed by atoms with Gasteiger partial charge in [-0.05, 0) is 38.0 Å². The number of hydrogen-bond donors (Lipinski definition) is 1. The second-order valence-electron chi connectivity index (χ2n) is 5.10. The summed E-state index contributed by atoms with van der Waals surface area (Å²) < 4.78 is 6.87. The lowest BCUT2D eigenvalue weighted by molar-refractivity contribution is -0.137. The molecule has 21 heavy (non-hydrogen) atoms. The van der Waals surface area contributed by atoms with Gasteiger partial charge in [-0.15, -0.1) is 0 Å². The van der Waals surface area contributed by atoms with Gasteiger partial charge >= 0.3 is 5.97 Å². The minimum Gasteiger partial charge on any atom is -0.480 e. The first kappa shape index (κ1) is 15.3. The van der Waals surface area contributed by atoms with E-state index in [0.29, 0.717) is 0 Å². The van der Waals surface area contributed by atoms with Gasteiger partial charge < -0.3 is 9.84 Å². The van der Waals surface area contributed by atoms with Crippen LogP contribution in [0.4, 0.5) is 0 Å². The van der Waals surface area contributed by atoms with Gasteiger partial charge in [0.05, 0.1) is 11.8 Å². The Morgan fingerprint density at radius 3 is 2.76 bits per heavy atom. The summed E-state index contributed by atoms with van der Waals surface area (Å²) in [6.45, 7) is 5.66. The molecular formula is C16H20N2O3. The topological polar surface area (TPSA) is 64.4 Å². The number of benzene rings is 1. The number of methoxy groups -OCH3 is 1. The number of nitrogens with zero attached hydrogens (tertiary/aromatic N) is 2. The molecular weight excluding hydrogens is 268 g/mol. The van der Waals surface area contributed by atoms with E-state index in [1.807, 2.05) is 39.0 Å². The van der Waals surface area contributed by atoms with Crippen LogP contribution < -0.4 is 0 Å². The molecule has 0 fully saturated rings. The highest BCUT2D eigenvalue weighted by Gasteiger charge is 2.16. The van der Waals surface area contributed by atoms with Gasteiger partial charge in [-0.25, -0.2) is 0 Å². The second-order valence-corrected chi connectivity index (χ2v) is 5.10. The molecule has 0 unspecified atom stereocenters. The van der Waals surface area contributed by atoms with E-state index in [1.54, 1.807) is 7.11 Å². The summed E-state index contributed by atoms with van der Waals surface area (Å²) in [4.78, 5) is 10.9. The Labute approximate surface area is 124 Å². The van der Waals surface area contributed by atoms with E-state index in [-0.39, 0.29) is 12.6 Å². The Hall–Kier alpha value is -2.14. The molecule has 112 valence electrons. The van der Waals surface area contributed by atoms with Gasteiger partial charge in [-0.2, -0.15) is 5.10 Å². The van der Waals surface area contributed by atoms with Crippen LogP contribution in [0.2, 0.25) is 0 Å². The molecule has 1 heterocycles. The van der Waals surface area contributed by atoms with Gasteiger partial charge in [0.15, 0.2) is 0 Å². The Bertz CT molecular complexity index is 662. The second kappa shape index (κ2) is 6.10. The van der Waals surface area contributed by atoms with E-state index >= 15 is 0 Å². The van der Waals surface area contributed by atoms with Crippen molar-refractivity contribution < 1.29 is 14.6 Å². The van der Waals surface area contributed by atoms with Crippen LogP contribution in [0.5, 0.6) is 0 Å². The third kappa shape index (κ3) is 3.13. The summed E-state index contributed by atoms with van der Waals surface area (Å²) in [6.07, 6.45) is 0.0135. The summed E-state index contributed by atoms with van der Waals surface area (Å²) in [5.41, 5.74) is 4.79. The lowest BCUT2D eigenvalue weighted by Gasteiger charge is -2.11. The zero-order valence-electron chi connectivity index (χ0n) is 12.8. The molecule has 5 heteroatoms. The van der Waals surface area contributed by atoms with E-state index < -0.39 is 5.97 Å². The van der Waals surface area contributed by atoms with E-state index in [9.17, 15) is 4.79 Å². The molecule has 2 aromatic rings. The summed E-state index contributed by atoms with van der Waals surface area (Å²) in [5.74, 6) is -0.895. The highest BCUT2D eigenvalue weighted by atomic mass is 16.5. The molecule has 1 aromatic heterocycles. The maximum atomic E-state index is 10.9. The lowest BCUT2D eigenvalue weighted by Crippen LogP contribution is -2.11. The van der Waals surface area contributed by atoms with Crippen molar-refractivity contribution in [3.05, 3.63) is 41.2 Å². The van der Waals surface area contributed by atoms with Crippen molar-refractivity contribution in [3.63, 3.8) is 0 Å². The van der Waals surface area contributed by atoms with Crippen molar-refractivity contribution in [3.8, 4) is 11.1 Å². The number of aliphatic carboxylic acids is 1. The number of hydrogen-bond acceptors (Lipinski definition) is 3. The summed E-state index contributed by atoms with van der Waals surface area (Å²) in [7, 11) is 1.68. The van der Waals surface area contributed by atoms with Gasteiger partial charge in [0, 0.05) is 18.4 Å². The largest absolute Gasteiger partial charge is 0.480 e. The first-order valence-electron chi connectivity index (χ1n) is 6.83. The van der Waals surface area contributed by atoms with Gasteiger partial charge in [0.2, 0.25) is 0 Å². The average molecular weight is 288 g/mol. The standard InChI is InChI=1S/C16H20N2O3/c1-10-16(11(2)18(17-10)9-15(19)20)14-7-5-6-13(8-14)12(3)21-4/h5-8,12H,9H2,1-4H3,(H,19,20)/t12-/m0/s1. The number of ether oxygens (including phenoxy) is 1. The molecule has 5 nitrogen and oxygen atoms in total. The van der Waals surface area contributed by atoms with Crippen molar-refractivity contribution in [2.24, 2.45) is 0 Å². The molecule has 0 aliphatic carbocycles. The number of aromatic nitrogens is 2. The first-order chi connectivity index (χ1) is 9.93. The lowest BCUT2D eigenvalue weighted by atomic mass is 10.00. The van der Waals surface area contributed by atoms with Crippen LogP contribution >= 0.6 is 0 Å². The molecule has 1 atom stereocenters. The summed E-state index contributed by atoms with van der Waals surface area (Å²) in [5, 5.41) is 13.3. The highest BCUT2D eigenvalue weighted by Crippen LogP contribution is 2.29. The van der Waals surface area contributed by atoms with Crippen molar-refractivity contribution in [2.45, 2.75) is 33.4 Å². The van der Waals surface area contributed by atoms with E-state index in [2.05, 4.69) is 11.2 Å². The summed E-state index contributed by atoms with van der Waals surface area (Å²) in [6, 6.07) is 8.07. The third-order valence-corrected chi connectivity index (χ3v) is 3.66. The van der Waals surface area contributed by atoms with Crippen molar-refractivity contribution in [1.29, 1.82) is 0 Å². The Morgan fingerprint density at radius 2 is 2.14 bits per heavy atom. The highest BCUT2D eigenvalue weighted by molar-refractivity contribution is 5.71. The number of carbonyl (C=O) groups is 1. The zero-order valence-corrected chi connectivity index (χ0v) is 12.8. The molecule has 1 aromatic carbocycles. The molecule has 0 radical (unpaired) electrons. The van der Waals surface area contributed by atoms with Crippen LogP contribution in [0, 0.1) is 13.8 Å². The minimum absolute atomic E-state index is 0.0135. The van der Waals surface area contributed by atoms with E-state index in [1.165, 1.54) is 4.68 Å². The predicted octanol–water partition coefficient (Wildman–Crippen LogP) is 2.96. The first-order valence-corrected chi connectivity index (χ1v) is 6.83. The SMILES string of the molecule is CO[C@@H](C)c1cccc(-c2c(C)nn(CC(=O)O)c2C)c1. The normalized spacial score (nSPS) is 12.4. The molecule has 0 bridgehead atoms. The average Bonchev–Trinajstić information content (AvgIpc) is 2.72. The molecule has 0 amide bonds. The fourth-order valence-corrected chi connectivity index (χ4v) is 2.48. The number of rotatable bonds is 5. The number of carboxylic acid groups (broad SMARTS) is 1. The van der Waals surface area contributed by atoms with E-state index in [4.69, 9.17) is 9.84 Å². The predicted molar refractivity (Wildman–Crippen MR) is 80.2 cm³/mol. The Morgan fingerprint density at radius 1 is 1.43 bits per heavy atom. The molecule has 2 rings (SSSR count). The minimum atomic E-state index is -0.895. The molecule has 0 aliphatic heterocycles. The van der Waals surface area contributed by atoms with Crippen LogP contribution in [0.3, 0.4) is 0 Å². The monoisotopic (exact) mass is 288 g/mol. The Kier molecular flexibility index (Phi) is 4.43. The van der Waals surface area contributed by atoms with Crippen molar-refractivity contribution in [1.82, 2.24) is 9.78 Å². The zero-order chi connectivity index (χ0) is 15.6. The maximum Gasteiger partial charge on any atom is 0.325 e. The van der Waals surface area contributed by atoms with Crippen molar-refractivity contribution >= 4 is 5.97 Å². The molecule has 0 saturated heterocycles. The molecule has 0 saturated carbocycles. The molecule has 1 N–H and O–H groups in total.